The van der Waals surface area contributed by atoms with E-state index in [0.717, 1.165) is 35.1 Å². The lowest BCUT2D eigenvalue weighted by Gasteiger charge is -2.65. The highest BCUT2D eigenvalue weighted by atomic mass is 79.9. The molecule has 0 N–H and O–H groups in total. The molecule has 344 valence electrons. The van der Waals surface area contributed by atoms with Crippen LogP contribution in [-0.4, -0.2) is 85.0 Å². The number of hydrogen-bond donors (Lipinski definition) is 0. The van der Waals surface area contributed by atoms with Crippen LogP contribution in [0.3, 0.4) is 0 Å². The summed E-state index contributed by atoms with van der Waals surface area (Å²) in [5.41, 5.74) is 12.6. The van der Waals surface area contributed by atoms with Gasteiger partial charge in [-0.3, -0.25) is 0 Å². The van der Waals surface area contributed by atoms with Crippen molar-refractivity contribution in [3.8, 4) is 0 Å². The standard InChI is InChI=1S/C60H58N4O2.2BrH/c1-3-11-41-29-37(17-19-39(41)9-1)33-63-25-23-59-47-13-5-7-15-49(47)61-55(59)53-45(31-51(59)63)43(35-63)21-27-65-57(53)62-50-16-8-6-14-48(50)60-24-26-64(34-38-18-20-40-10-2-4-12-42(40)30-38)36-44-22-28-66-58(61)54(56(60)62)46(44)32-52(60)64;;/h1-22,29-30,45-46,51-58H,23-28,31-36H2;2*1H/q+2;;/p-2/t45?,46?,51?,52?,53?,54?,55?,56?,57?,58?,59?,60?,63-,64-;;/m1../s1. The number of quaternary nitrogens is 2. The predicted octanol–water partition coefficient (Wildman–Crippen LogP) is 4.01. The first-order chi connectivity index (χ1) is 32.6. The molecule has 17 rings (SSSR count). The van der Waals surface area contributed by atoms with Crippen LogP contribution in [-0.2, 0) is 33.4 Å². The lowest BCUT2D eigenvalue weighted by atomic mass is 9.52. The van der Waals surface area contributed by atoms with Crippen LogP contribution in [0, 0.1) is 23.7 Å². The van der Waals surface area contributed by atoms with Crippen molar-refractivity contribution in [2.75, 3.05) is 49.2 Å². The molecule has 9 heterocycles. The van der Waals surface area contributed by atoms with E-state index in [1.54, 1.807) is 22.3 Å². The Morgan fingerprint density at radius 3 is 1.40 bits per heavy atom. The van der Waals surface area contributed by atoms with Gasteiger partial charge < -0.3 is 62.2 Å². The van der Waals surface area contributed by atoms with Crippen molar-refractivity contribution in [3.63, 3.8) is 0 Å². The molecule has 4 bridgehead atoms. The van der Waals surface area contributed by atoms with Crippen LogP contribution in [0.2, 0.25) is 0 Å². The van der Waals surface area contributed by atoms with Crippen molar-refractivity contribution in [2.45, 2.75) is 86.2 Å². The third-order valence-corrected chi connectivity index (χ3v) is 21.1. The molecule has 11 aliphatic rings. The summed E-state index contributed by atoms with van der Waals surface area (Å²) >= 11 is 0. The van der Waals surface area contributed by atoms with Gasteiger partial charge in [0.25, 0.3) is 0 Å². The maximum atomic E-state index is 7.75. The van der Waals surface area contributed by atoms with Crippen LogP contribution >= 0.6 is 0 Å². The Hall–Kier alpha value is -4.28. The van der Waals surface area contributed by atoms with Crippen LogP contribution in [0.25, 0.3) is 21.5 Å². The van der Waals surface area contributed by atoms with Crippen LogP contribution in [0.4, 0.5) is 11.4 Å². The molecule has 6 nitrogen and oxygen atoms in total. The van der Waals surface area contributed by atoms with E-state index in [4.69, 9.17) is 9.47 Å². The summed E-state index contributed by atoms with van der Waals surface area (Å²) < 4.78 is 17.8. The Labute approximate surface area is 420 Å². The summed E-state index contributed by atoms with van der Waals surface area (Å²) in [5, 5.41) is 5.41. The summed E-state index contributed by atoms with van der Waals surface area (Å²) in [6, 6.07) is 53.9. The summed E-state index contributed by atoms with van der Waals surface area (Å²) in [5.74, 6) is 1.61. The van der Waals surface area contributed by atoms with Crippen LogP contribution < -0.4 is 43.8 Å². The molecule has 5 saturated heterocycles. The molecule has 7 fully saturated rings. The SMILES string of the molecule is C1=C2C[N@+]3(Cc4ccc5ccccc5c4)CCC45c6ccccc6N6C7OCC=C8C[N@+]9(Cc%10ccc%11ccccc%11c%10)CCC%10%11c%12ccccc%12N(C(OC1)C(C2CC43)C65)C%10C7C8CC%119.[Br-].[Br-]. The van der Waals surface area contributed by atoms with E-state index in [0.29, 0.717) is 61.1 Å². The number of nitrogens with zero attached hydrogens (tertiary/aromatic N) is 4. The van der Waals surface area contributed by atoms with Gasteiger partial charge in [0, 0.05) is 71.9 Å². The maximum absolute atomic E-state index is 7.75. The quantitative estimate of drug-likeness (QED) is 0.197. The molecule has 2 saturated carbocycles. The molecule has 2 aliphatic carbocycles. The van der Waals surface area contributed by atoms with Gasteiger partial charge >= 0.3 is 0 Å². The fourth-order valence-corrected chi connectivity index (χ4v) is 19.2. The lowest BCUT2D eigenvalue weighted by Crippen LogP contribution is -3.00. The van der Waals surface area contributed by atoms with Crippen LogP contribution in [0.5, 0.6) is 0 Å². The fraction of sp³-hybridized carbons (Fsp3) is 0.400. The molecule has 6 aromatic rings. The molecule has 12 unspecified atom stereocenters. The van der Waals surface area contributed by atoms with E-state index >= 15 is 0 Å². The van der Waals surface area contributed by atoms with Gasteiger partial charge in [-0.15, -0.1) is 0 Å². The second kappa shape index (κ2) is 14.2. The molecule has 68 heavy (non-hydrogen) atoms. The van der Waals surface area contributed by atoms with E-state index in [1.807, 2.05) is 0 Å². The molecule has 2 spiro atoms. The summed E-state index contributed by atoms with van der Waals surface area (Å²) in [7, 11) is 0. The van der Waals surface area contributed by atoms with Gasteiger partial charge in [0.05, 0.1) is 49.2 Å². The average Bonchev–Trinajstić information content (AvgIpc) is 3.97. The minimum absolute atomic E-state index is 0. The highest BCUT2D eigenvalue weighted by Crippen LogP contribution is 2.73. The molecule has 8 heteroatoms. The molecule has 14 atom stereocenters. The molecular weight excluding hydrogens is 968 g/mol. The smallest absolute Gasteiger partial charge is 0.136 e. The lowest BCUT2D eigenvalue weighted by molar-refractivity contribution is -0.955. The zero-order valence-corrected chi connectivity index (χ0v) is 41.6. The Morgan fingerprint density at radius 1 is 0.500 bits per heavy atom. The predicted molar refractivity (Wildman–Crippen MR) is 260 cm³/mol. The van der Waals surface area contributed by atoms with Gasteiger partial charge in [-0.25, -0.2) is 0 Å². The van der Waals surface area contributed by atoms with Crippen LogP contribution in [0.1, 0.15) is 47.9 Å². The van der Waals surface area contributed by atoms with Gasteiger partial charge in [-0.05, 0) is 68.1 Å². The second-order valence-electron chi connectivity index (χ2n) is 23.1. The van der Waals surface area contributed by atoms with Gasteiger partial charge in [0.15, 0.2) is 0 Å². The van der Waals surface area contributed by atoms with Gasteiger partial charge in [-0.1, -0.05) is 121 Å². The van der Waals surface area contributed by atoms with Crippen molar-refractivity contribution >= 4 is 32.9 Å². The van der Waals surface area contributed by atoms with Gasteiger partial charge in [0.2, 0.25) is 0 Å². The maximum Gasteiger partial charge on any atom is 0.136 e. The van der Waals surface area contributed by atoms with E-state index in [9.17, 15) is 0 Å². The third kappa shape index (κ3) is 4.89. The van der Waals surface area contributed by atoms with Gasteiger partial charge in [-0.2, -0.15) is 0 Å². The molecule has 6 aromatic carbocycles. The first-order valence-corrected chi connectivity index (χ1v) is 25.6. The molecular formula is C60H58Br2N4O2. The number of ether oxygens (including phenoxy) is 2. The first-order valence-electron chi connectivity index (χ1n) is 25.6. The number of halogens is 2. The number of rotatable bonds is 4. The largest absolute Gasteiger partial charge is 1.00 e. The Balaban J connectivity index is 0.00000210. The highest BCUT2D eigenvalue weighted by Gasteiger charge is 2.81. The van der Waals surface area contributed by atoms with E-state index < -0.39 is 0 Å². The van der Waals surface area contributed by atoms with Crippen molar-refractivity contribution in [1.82, 2.24) is 0 Å². The van der Waals surface area contributed by atoms with Gasteiger partial charge in [0.1, 0.15) is 50.7 Å². The number of fused-ring (bicyclic) bond motifs is 8. The average molecular weight is 1030 g/mol. The third-order valence-electron chi connectivity index (χ3n) is 21.1. The molecule has 9 aliphatic heterocycles. The summed E-state index contributed by atoms with van der Waals surface area (Å²) in [6.07, 6.45) is 10.1. The summed E-state index contributed by atoms with van der Waals surface area (Å²) in [6.45, 7) is 8.31. The summed E-state index contributed by atoms with van der Waals surface area (Å²) in [4.78, 5) is 6.05. The number of piperidine rings is 2. The highest BCUT2D eigenvalue weighted by molar-refractivity contribution is 5.84. The molecule has 0 aromatic heterocycles. The van der Waals surface area contributed by atoms with Crippen molar-refractivity contribution in [3.05, 3.63) is 179 Å². The topological polar surface area (TPSA) is 24.9 Å². The zero-order valence-electron chi connectivity index (χ0n) is 38.5. The van der Waals surface area contributed by atoms with E-state index in [2.05, 4.69) is 155 Å². The van der Waals surface area contributed by atoms with Crippen molar-refractivity contribution in [2.24, 2.45) is 23.7 Å². The monoisotopic (exact) mass is 1020 g/mol. The van der Waals surface area contributed by atoms with Crippen molar-refractivity contribution in [1.29, 1.82) is 0 Å². The normalized spacial score (nSPS) is 39.6. The number of hydrogen-bond acceptors (Lipinski definition) is 4. The molecule has 0 amide bonds. The number of para-hydroxylation sites is 2. The fourth-order valence-electron chi connectivity index (χ4n) is 19.2. The zero-order chi connectivity index (χ0) is 42.7. The second-order valence-corrected chi connectivity index (χ2v) is 23.1. The minimum Gasteiger partial charge on any atom is -1.00 e. The Bertz CT molecular complexity index is 2980. The van der Waals surface area contributed by atoms with E-state index in [1.165, 1.54) is 82.8 Å². The molecule has 0 radical (unpaired) electrons. The minimum atomic E-state index is -0.00607. The van der Waals surface area contributed by atoms with Crippen LogP contribution in [0.15, 0.2) is 157 Å². The Morgan fingerprint density at radius 2 is 0.926 bits per heavy atom. The Kier molecular flexibility index (Phi) is 8.66. The van der Waals surface area contributed by atoms with E-state index in [-0.39, 0.29) is 57.2 Å². The number of benzene rings is 6. The number of anilines is 2. The van der Waals surface area contributed by atoms with Crippen molar-refractivity contribution < 1.29 is 52.4 Å². The first kappa shape index (κ1) is 41.5.